The van der Waals surface area contributed by atoms with E-state index in [1.165, 1.54) is 103 Å². The summed E-state index contributed by atoms with van der Waals surface area (Å²) >= 11 is 0. The van der Waals surface area contributed by atoms with Crippen molar-refractivity contribution in [1.82, 2.24) is 0 Å². The molecule has 70 heavy (non-hydrogen) atoms. The summed E-state index contributed by atoms with van der Waals surface area (Å²) in [5, 5.41) is 50.4. The molecule has 0 aromatic rings. The van der Waals surface area contributed by atoms with E-state index >= 15 is 0 Å². The van der Waals surface area contributed by atoms with Gasteiger partial charge in [-0.15, -0.1) is 0 Å². The predicted molar refractivity (Wildman–Crippen MR) is 285 cm³/mol. The third kappa shape index (κ3) is 37.3. The lowest BCUT2D eigenvalue weighted by Gasteiger charge is -2.41. The molecule has 6 N–H and O–H groups in total. The van der Waals surface area contributed by atoms with E-state index in [9.17, 15) is 39.8 Å². The fraction of sp³-hybridized carbons (Fsp3) is 0.737. The molecule has 0 spiro atoms. The number of aliphatic hydroxyl groups is 5. The maximum atomic E-state index is 12.9. The molecule has 6 unspecified atom stereocenters. The van der Waals surface area contributed by atoms with Crippen molar-refractivity contribution in [3.63, 3.8) is 0 Å². The molecular weight excluding hydrogens is 908 g/mol. The Kier molecular flexibility index (Phi) is 43.4. The minimum absolute atomic E-state index is 0.0955. The van der Waals surface area contributed by atoms with E-state index < -0.39 is 63.1 Å². The zero-order valence-electron chi connectivity index (χ0n) is 43.5. The van der Waals surface area contributed by atoms with Crippen LogP contribution >= 0.6 is 7.82 Å². The number of allylic oxidation sites excluding steroid dienone is 14. The van der Waals surface area contributed by atoms with Crippen LogP contribution in [0.1, 0.15) is 206 Å². The molecule has 6 atom stereocenters. The summed E-state index contributed by atoms with van der Waals surface area (Å²) in [6, 6.07) is 0. The molecule has 0 aromatic heterocycles. The molecule has 0 bridgehead atoms. The van der Waals surface area contributed by atoms with Gasteiger partial charge in [0.25, 0.3) is 0 Å². The first-order valence-electron chi connectivity index (χ1n) is 27.4. The van der Waals surface area contributed by atoms with E-state index in [2.05, 4.69) is 98.9 Å². The molecule has 0 aliphatic heterocycles. The van der Waals surface area contributed by atoms with Gasteiger partial charge in [0.1, 0.15) is 42.7 Å². The van der Waals surface area contributed by atoms with Crippen molar-refractivity contribution in [2.45, 2.75) is 249 Å². The molecule has 0 amide bonds. The maximum absolute atomic E-state index is 12.9. The Morgan fingerprint density at radius 1 is 0.471 bits per heavy atom. The maximum Gasteiger partial charge on any atom is 0.472 e. The number of hydrogen-bond acceptors (Lipinski definition) is 11. The van der Waals surface area contributed by atoms with Gasteiger partial charge in [0.2, 0.25) is 0 Å². The van der Waals surface area contributed by atoms with Gasteiger partial charge < -0.3 is 39.9 Å². The van der Waals surface area contributed by atoms with Gasteiger partial charge in [-0.2, -0.15) is 0 Å². The van der Waals surface area contributed by atoms with Crippen molar-refractivity contribution < 1.29 is 58.3 Å². The Hall–Kier alpha value is -2.48. The molecule has 1 aliphatic rings. The summed E-state index contributed by atoms with van der Waals surface area (Å²) in [5.41, 5.74) is 0. The van der Waals surface area contributed by atoms with Crippen molar-refractivity contribution in [3.05, 3.63) is 85.1 Å². The normalized spacial score (nSPS) is 21.5. The van der Waals surface area contributed by atoms with Crippen LogP contribution in [-0.4, -0.2) is 98.9 Å². The minimum atomic E-state index is -5.04. The Labute approximate surface area is 424 Å². The van der Waals surface area contributed by atoms with E-state index in [1.807, 2.05) is 0 Å². The van der Waals surface area contributed by atoms with Crippen LogP contribution in [0.3, 0.4) is 0 Å². The van der Waals surface area contributed by atoms with Gasteiger partial charge in [-0.05, 0) is 89.9 Å². The fourth-order valence-corrected chi connectivity index (χ4v) is 8.91. The molecule has 0 radical (unpaired) electrons. The van der Waals surface area contributed by atoms with E-state index in [-0.39, 0.29) is 13.0 Å². The van der Waals surface area contributed by atoms with E-state index in [0.29, 0.717) is 13.0 Å². The van der Waals surface area contributed by atoms with Crippen molar-refractivity contribution >= 4 is 13.8 Å². The monoisotopic (exact) mass is 1010 g/mol. The Bertz CT molecular complexity index is 1480. The van der Waals surface area contributed by atoms with Crippen LogP contribution in [0.2, 0.25) is 0 Å². The Morgan fingerprint density at radius 2 is 0.843 bits per heavy atom. The number of carbonyl (C=O) groups excluding carboxylic acids is 1. The number of ether oxygens (including phenoxy) is 2. The highest BCUT2D eigenvalue weighted by Crippen LogP contribution is 2.47. The van der Waals surface area contributed by atoms with Crippen LogP contribution in [0, 0.1) is 0 Å². The molecule has 0 heterocycles. The van der Waals surface area contributed by atoms with Gasteiger partial charge in [0.05, 0.1) is 13.2 Å². The van der Waals surface area contributed by atoms with Crippen LogP contribution < -0.4 is 0 Å². The second-order valence-corrected chi connectivity index (χ2v) is 20.1. The number of carbonyl (C=O) groups is 1. The second-order valence-electron chi connectivity index (χ2n) is 18.7. The molecule has 0 aromatic carbocycles. The summed E-state index contributed by atoms with van der Waals surface area (Å²) in [7, 11) is -5.04. The van der Waals surface area contributed by atoms with Gasteiger partial charge in [-0.25, -0.2) is 4.57 Å². The Balaban J connectivity index is 2.33. The fourth-order valence-electron chi connectivity index (χ4n) is 7.94. The summed E-state index contributed by atoms with van der Waals surface area (Å²) in [5.74, 6) is -0.510. The average Bonchev–Trinajstić information content (AvgIpc) is 3.35. The van der Waals surface area contributed by atoms with Gasteiger partial charge >= 0.3 is 13.8 Å². The van der Waals surface area contributed by atoms with Gasteiger partial charge in [-0.1, -0.05) is 195 Å². The molecule has 1 rings (SSSR count). The first-order valence-corrected chi connectivity index (χ1v) is 28.9. The number of aliphatic hydroxyl groups excluding tert-OH is 5. The lowest BCUT2D eigenvalue weighted by Crippen LogP contribution is -2.64. The van der Waals surface area contributed by atoms with Gasteiger partial charge in [0.15, 0.2) is 0 Å². The molecule has 12 nitrogen and oxygen atoms in total. The summed E-state index contributed by atoms with van der Waals surface area (Å²) in [4.78, 5) is 23.3. The van der Waals surface area contributed by atoms with E-state index in [1.54, 1.807) is 0 Å². The number of phosphoric ester groups is 1. The third-order valence-electron chi connectivity index (χ3n) is 12.3. The van der Waals surface area contributed by atoms with Gasteiger partial charge in [0, 0.05) is 13.0 Å². The topological polar surface area (TPSA) is 192 Å². The molecule has 1 fully saturated rings. The SMILES string of the molecule is CC/C=C\C/C=C\C/C=C\C/C=C\C/C=C\CCCCCC(=O)OC(COCCCCCCCCCCCCCC/C=C\C/C=C\CCCCCCC)COP(=O)(O)OC1C(O)C(O)C(O)C(O)C1O. The van der Waals surface area contributed by atoms with Crippen molar-refractivity contribution in [1.29, 1.82) is 0 Å². The van der Waals surface area contributed by atoms with E-state index in [0.717, 1.165) is 77.0 Å². The zero-order chi connectivity index (χ0) is 51.2. The molecule has 13 heteroatoms. The average molecular weight is 1010 g/mol. The summed E-state index contributed by atoms with van der Waals surface area (Å²) < 4.78 is 34.3. The zero-order valence-corrected chi connectivity index (χ0v) is 44.4. The quantitative estimate of drug-likeness (QED) is 0.0147. The van der Waals surface area contributed by atoms with Crippen LogP contribution in [0.15, 0.2) is 85.1 Å². The van der Waals surface area contributed by atoms with Crippen LogP contribution in [-0.2, 0) is 27.9 Å². The first kappa shape index (κ1) is 65.5. The first-order chi connectivity index (χ1) is 34.0. The largest absolute Gasteiger partial charge is 0.472 e. The predicted octanol–water partition coefficient (Wildman–Crippen LogP) is 12.9. The molecular formula is C57H99O12P. The van der Waals surface area contributed by atoms with Crippen molar-refractivity contribution in [3.8, 4) is 0 Å². The molecule has 404 valence electrons. The van der Waals surface area contributed by atoms with Crippen molar-refractivity contribution in [2.24, 2.45) is 0 Å². The lowest BCUT2D eigenvalue weighted by molar-refractivity contribution is -0.220. The summed E-state index contributed by atoms with van der Waals surface area (Å²) in [6.45, 7) is 4.11. The number of phosphoric acid groups is 1. The highest BCUT2D eigenvalue weighted by Gasteiger charge is 2.51. The summed E-state index contributed by atoms with van der Waals surface area (Å²) in [6.07, 6.45) is 50.8. The lowest BCUT2D eigenvalue weighted by atomic mass is 9.85. The third-order valence-corrected chi connectivity index (χ3v) is 13.2. The van der Waals surface area contributed by atoms with Crippen molar-refractivity contribution in [2.75, 3.05) is 19.8 Å². The molecule has 1 aliphatic carbocycles. The number of esters is 1. The van der Waals surface area contributed by atoms with Crippen LogP contribution in [0.4, 0.5) is 0 Å². The number of unbranched alkanes of at least 4 members (excludes halogenated alkanes) is 20. The molecule has 0 saturated heterocycles. The van der Waals surface area contributed by atoms with Crippen LogP contribution in [0.25, 0.3) is 0 Å². The van der Waals surface area contributed by atoms with Gasteiger partial charge in [-0.3, -0.25) is 13.8 Å². The number of hydrogen-bond donors (Lipinski definition) is 6. The highest BCUT2D eigenvalue weighted by atomic mass is 31.2. The minimum Gasteiger partial charge on any atom is -0.457 e. The van der Waals surface area contributed by atoms with Crippen LogP contribution in [0.5, 0.6) is 0 Å². The number of rotatable bonds is 46. The molecule has 1 saturated carbocycles. The Morgan fingerprint density at radius 3 is 1.29 bits per heavy atom. The van der Waals surface area contributed by atoms with E-state index in [4.69, 9.17) is 18.5 Å². The second kappa shape index (κ2) is 46.3. The standard InChI is InChI=1S/C57H99O12P/c1-3-5-7-9-11-13-15-17-19-21-23-24-25-26-27-29-31-33-35-37-39-41-43-45-47-66-48-50(49-67-70(64,65)69-57-55(62)53(60)52(59)54(61)56(57)63)68-51(58)46-44-42-40-38-36-34-32-30-28-22-20-18-16-14-12-10-8-6-4-2/h6,8,12,14-15,17-18,20-21,23,28,30,34,36,50,52-57,59-63H,3-5,7,9-11,13,16,19,22,24-27,29,31-33,35,37-49H2,1-2H3,(H,64,65)/b8-6-,14-12-,17-15-,20-18-,23-21-,30-28-,36-34-. The highest BCUT2D eigenvalue weighted by molar-refractivity contribution is 7.47. The smallest absolute Gasteiger partial charge is 0.457 e.